The van der Waals surface area contributed by atoms with Gasteiger partial charge in [-0.25, -0.2) is 13.1 Å². The zero-order valence-corrected chi connectivity index (χ0v) is 16.8. The minimum absolute atomic E-state index is 0.0523. The summed E-state index contributed by atoms with van der Waals surface area (Å²) in [6.07, 6.45) is -4.49. The first kappa shape index (κ1) is 20.5. The Morgan fingerprint density at radius 2 is 1.73 bits per heavy atom. The van der Waals surface area contributed by atoms with Crippen LogP contribution in [0.2, 0.25) is 0 Å². The molecule has 3 aromatic rings. The smallest absolute Gasteiger partial charge is 0.416 e. The summed E-state index contributed by atoms with van der Waals surface area (Å²) in [7, 11) is -3.74. The number of halogens is 3. The summed E-state index contributed by atoms with van der Waals surface area (Å²) >= 11 is 0. The quantitative estimate of drug-likeness (QED) is 0.646. The molecular formula is C20H18F3N3O3S. The van der Waals surface area contributed by atoms with Crippen LogP contribution in [0.5, 0.6) is 0 Å². The van der Waals surface area contributed by atoms with Crippen LogP contribution in [0, 0.1) is 5.41 Å². The molecule has 0 radical (unpaired) electrons. The van der Waals surface area contributed by atoms with E-state index in [0.29, 0.717) is 0 Å². The van der Waals surface area contributed by atoms with Crippen LogP contribution in [0.4, 0.5) is 13.2 Å². The number of nitrogens with one attached hydrogen (secondary N) is 1. The van der Waals surface area contributed by atoms with Gasteiger partial charge in [-0.15, -0.1) is 10.2 Å². The summed E-state index contributed by atoms with van der Waals surface area (Å²) in [5.41, 5.74) is -1.18. The largest absolute Gasteiger partial charge is 0.420 e. The summed E-state index contributed by atoms with van der Waals surface area (Å²) in [6.45, 7) is 3.70. The van der Waals surface area contributed by atoms with Crippen LogP contribution in [0.25, 0.3) is 11.5 Å². The van der Waals surface area contributed by atoms with E-state index in [0.717, 1.165) is 12.1 Å². The van der Waals surface area contributed by atoms with Crippen LogP contribution in [0.15, 0.2) is 63.9 Å². The van der Waals surface area contributed by atoms with E-state index in [1.54, 1.807) is 18.2 Å². The van der Waals surface area contributed by atoms with Gasteiger partial charge in [0.15, 0.2) is 0 Å². The second-order valence-electron chi connectivity index (χ2n) is 7.74. The maximum Gasteiger partial charge on any atom is 0.416 e. The molecule has 1 saturated carbocycles. The van der Waals surface area contributed by atoms with Crippen LogP contribution < -0.4 is 4.72 Å². The molecule has 0 unspecified atom stereocenters. The molecule has 1 aliphatic carbocycles. The number of alkyl halides is 3. The Bertz CT molecular complexity index is 1170. The topological polar surface area (TPSA) is 85.1 Å². The predicted octanol–water partition coefficient (Wildman–Crippen LogP) is 4.23. The molecule has 0 bridgehead atoms. The molecule has 10 heteroatoms. The highest BCUT2D eigenvalue weighted by molar-refractivity contribution is 7.89. The van der Waals surface area contributed by atoms with Gasteiger partial charge in [0.2, 0.25) is 21.8 Å². The minimum atomic E-state index is -4.49. The van der Waals surface area contributed by atoms with Crippen LogP contribution in [0.3, 0.4) is 0 Å². The lowest BCUT2D eigenvalue weighted by molar-refractivity contribution is -0.137. The molecule has 6 nitrogen and oxygen atoms in total. The minimum Gasteiger partial charge on any atom is -0.420 e. The number of benzene rings is 2. The Morgan fingerprint density at radius 1 is 1.03 bits per heavy atom. The second kappa shape index (κ2) is 6.92. The Morgan fingerprint density at radius 3 is 2.40 bits per heavy atom. The van der Waals surface area contributed by atoms with Gasteiger partial charge in [0.05, 0.1) is 16.4 Å². The molecule has 1 fully saturated rings. The molecule has 0 aliphatic heterocycles. The first-order valence-corrected chi connectivity index (χ1v) is 10.6. The molecule has 0 amide bonds. The van der Waals surface area contributed by atoms with Crippen molar-refractivity contribution in [2.24, 2.45) is 5.41 Å². The monoisotopic (exact) mass is 437 g/mol. The van der Waals surface area contributed by atoms with Crippen molar-refractivity contribution in [3.63, 3.8) is 0 Å². The lowest BCUT2D eigenvalue weighted by atomic mass is 10.1. The van der Waals surface area contributed by atoms with E-state index < -0.39 is 39.1 Å². The van der Waals surface area contributed by atoms with E-state index >= 15 is 0 Å². The van der Waals surface area contributed by atoms with Crippen molar-refractivity contribution in [1.82, 2.24) is 14.9 Å². The van der Waals surface area contributed by atoms with Crippen molar-refractivity contribution in [2.45, 2.75) is 36.9 Å². The second-order valence-corrected chi connectivity index (χ2v) is 9.45. The predicted molar refractivity (Wildman–Crippen MR) is 102 cm³/mol. The highest BCUT2D eigenvalue weighted by Crippen LogP contribution is 2.58. The van der Waals surface area contributed by atoms with Crippen molar-refractivity contribution in [3.8, 4) is 11.5 Å². The third kappa shape index (κ3) is 3.72. The summed E-state index contributed by atoms with van der Waals surface area (Å²) in [5.74, 6) is -0.278. The average molecular weight is 437 g/mol. The number of hydrogen-bond donors (Lipinski definition) is 1. The maximum atomic E-state index is 12.9. The van der Waals surface area contributed by atoms with Gasteiger partial charge in [-0.2, -0.15) is 13.2 Å². The average Bonchev–Trinajstić information content (AvgIpc) is 3.03. The molecule has 2 atom stereocenters. The Labute approximate surface area is 171 Å². The molecule has 0 saturated heterocycles. The van der Waals surface area contributed by atoms with Gasteiger partial charge in [0, 0.05) is 11.6 Å². The summed E-state index contributed by atoms with van der Waals surface area (Å²) < 4.78 is 72.4. The third-order valence-electron chi connectivity index (χ3n) is 5.31. The zero-order chi connectivity index (χ0) is 21.7. The highest BCUT2D eigenvalue weighted by atomic mass is 32.2. The molecule has 30 heavy (non-hydrogen) atoms. The van der Waals surface area contributed by atoms with Gasteiger partial charge >= 0.3 is 6.18 Å². The molecule has 1 aromatic heterocycles. The standard InChI is InChI=1S/C20H18F3N3O3S/c1-19(2)15(16(19)26-30(27,28)14-9-4-3-5-10-14)18-25-24-17(29-18)12-7-6-8-13(11-12)20(21,22)23/h3-11,15-16,26H,1-2H3/t15-,16-/m0/s1. The van der Waals surface area contributed by atoms with E-state index in [2.05, 4.69) is 14.9 Å². The summed E-state index contributed by atoms with van der Waals surface area (Å²) in [4.78, 5) is 0.140. The van der Waals surface area contributed by atoms with Crippen molar-refractivity contribution >= 4 is 10.0 Å². The van der Waals surface area contributed by atoms with Crippen molar-refractivity contribution in [2.75, 3.05) is 0 Å². The van der Waals surface area contributed by atoms with Crippen LogP contribution in [-0.2, 0) is 16.2 Å². The van der Waals surface area contributed by atoms with Gasteiger partial charge in [0.1, 0.15) is 0 Å². The molecule has 1 aliphatic rings. The fourth-order valence-electron chi connectivity index (χ4n) is 3.46. The van der Waals surface area contributed by atoms with Crippen LogP contribution >= 0.6 is 0 Å². The highest BCUT2D eigenvalue weighted by Gasteiger charge is 2.63. The molecule has 4 rings (SSSR count). The number of sulfonamides is 1. The third-order valence-corrected chi connectivity index (χ3v) is 6.76. The van der Waals surface area contributed by atoms with Gasteiger partial charge in [0.25, 0.3) is 0 Å². The fraction of sp³-hybridized carbons (Fsp3) is 0.300. The molecule has 1 heterocycles. The Balaban J connectivity index is 1.57. The van der Waals surface area contributed by atoms with Gasteiger partial charge in [-0.05, 0) is 35.7 Å². The molecule has 158 valence electrons. The molecular weight excluding hydrogens is 419 g/mol. The molecule has 2 aromatic carbocycles. The van der Waals surface area contributed by atoms with E-state index in [4.69, 9.17) is 4.42 Å². The summed E-state index contributed by atoms with van der Waals surface area (Å²) in [6, 6.07) is 12.1. The SMILES string of the molecule is CC1(C)[C@H](c2nnc(-c3cccc(C(F)(F)F)c3)o2)[C@@H]1NS(=O)(=O)c1ccccc1. The number of aromatic nitrogens is 2. The van der Waals surface area contributed by atoms with Gasteiger partial charge < -0.3 is 4.42 Å². The molecule has 0 spiro atoms. The number of nitrogens with zero attached hydrogens (tertiary/aromatic N) is 2. The van der Waals surface area contributed by atoms with E-state index in [-0.39, 0.29) is 22.2 Å². The Kier molecular flexibility index (Phi) is 4.74. The van der Waals surface area contributed by atoms with Crippen LogP contribution in [-0.4, -0.2) is 24.7 Å². The first-order valence-electron chi connectivity index (χ1n) is 9.08. The van der Waals surface area contributed by atoms with Gasteiger partial charge in [-0.1, -0.05) is 38.1 Å². The first-order chi connectivity index (χ1) is 14.0. The van der Waals surface area contributed by atoms with Gasteiger partial charge in [-0.3, -0.25) is 0 Å². The number of hydrogen-bond acceptors (Lipinski definition) is 5. The maximum absolute atomic E-state index is 12.9. The van der Waals surface area contributed by atoms with E-state index in [9.17, 15) is 21.6 Å². The van der Waals surface area contributed by atoms with E-state index in [1.165, 1.54) is 24.3 Å². The van der Waals surface area contributed by atoms with Crippen molar-refractivity contribution in [3.05, 3.63) is 66.1 Å². The Hall–Kier alpha value is -2.72. The normalized spacial score (nSPS) is 20.8. The summed E-state index contributed by atoms with van der Waals surface area (Å²) in [5, 5.41) is 7.83. The number of rotatable bonds is 5. The van der Waals surface area contributed by atoms with Crippen LogP contribution in [0.1, 0.15) is 31.2 Å². The zero-order valence-electron chi connectivity index (χ0n) is 16.0. The fourth-order valence-corrected chi connectivity index (χ4v) is 4.88. The lowest BCUT2D eigenvalue weighted by Gasteiger charge is -2.07. The lowest BCUT2D eigenvalue weighted by Crippen LogP contribution is -2.29. The van der Waals surface area contributed by atoms with Crippen molar-refractivity contribution < 1.29 is 26.0 Å². The molecule has 1 N–H and O–H groups in total. The van der Waals surface area contributed by atoms with Crippen molar-refractivity contribution in [1.29, 1.82) is 0 Å². The van der Waals surface area contributed by atoms with E-state index in [1.807, 2.05) is 13.8 Å².